The molecular formula is C72H91F2N13O12S2. The fourth-order valence-corrected chi connectivity index (χ4v) is 17.1. The summed E-state index contributed by atoms with van der Waals surface area (Å²) < 4.78 is 30.2. The van der Waals surface area contributed by atoms with Gasteiger partial charge in [0, 0.05) is 103 Å². The average molecular weight is 1430 g/mol. The Morgan fingerprint density at radius 3 is 2.21 bits per heavy atom. The summed E-state index contributed by atoms with van der Waals surface area (Å²) in [5, 5.41) is 27.0. The number of carboxylic acids is 1. The molecule has 2 saturated carbocycles. The van der Waals surface area contributed by atoms with Crippen molar-refractivity contribution in [2.24, 2.45) is 35.1 Å². The number of imidazole rings is 1. The maximum atomic E-state index is 15.6. The first-order chi connectivity index (χ1) is 48.7. The Morgan fingerprint density at radius 2 is 1.46 bits per heavy atom. The van der Waals surface area contributed by atoms with Crippen LogP contribution in [-0.2, 0) is 77.1 Å². The summed E-state index contributed by atoms with van der Waals surface area (Å²) in [6, 6.07) is 10.8. The quantitative estimate of drug-likeness (QED) is 0.0681. The lowest BCUT2D eigenvalue weighted by atomic mass is 9.75. The van der Waals surface area contributed by atoms with Crippen LogP contribution in [-0.4, -0.2) is 181 Å². The number of aliphatic carboxylic acids is 1. The Hall–Kier alpha value is -8.70. The van der Waals surface area contributed by atoms with E-state index in [0.717, 1.165) is 11.1 Å². The van der Waals surface area contributed by atoms with Crippen LogP contribution >= 0.6 is 23.5 Å². The van der Waals surface area contributed by atoms with E-state index in [1.54, 1.807) is 18.2 Å². The third-order valence-corrected chi connectivity index (χ3v) is 22.5. The SMILES string of the molecule is NCCCC[C@@H]1CC(=O)CCSCc2cccc(c2)CSC[C@@H](C(N)=O)NC(=O)[C@@H]2CCCN2C(=O)[C@@H]2[C@@H](c3ccccc3)CCN2C(=O)[C@H](Cc2cnc[nH]2)NC(=O)[C@H](CC(=O)O)NC(=O)[C@H](CC2CCC3CCC(F)CC32)NC(=O)[C@H](Cc2c[nH]c3ccc(F)cc23)NC(=O)CNC1=O. The minimum absolute atomic E-state index is 0.00914. The second kappa shape index (κ2) is 35.8. The maximum Gasteiger partial charge on any atom is 0.305 e. The van der Waals surface area contributed by atoms with Crippen LogP contribution in [0.4, 0.5) is 8.78 Å². The molecule has 2 bridgehead atoms. The van der Waals surface area contributed by atoms with E-state index in [9.17, 15) is 38.3 Å². The van der Waals surface area contributed by atoms with E-state index < -0.39 is 138 Å². The highest BCUT2D eigenvalue weighted by atomic mass is 32.2. The first-order valence-corrected chi connectivity index (χ1v) is 37.3. The second-order valence-corrected chi connectivity index (χ2v) is 29.4. The van der Waals surface area contributed by atoms with E-state index in [2.05, 4.69) is 46.9 Å². The van der Waals surface area contributed by atoms with E-state index in [4.69, 9.17) is 11.5 Å². The number of Topliss-reactive ketones (excluding diaryl/α,β-unsaturated/α-hetero) is 1. The smallest absolute Gasteiger partial charge is 0.305 e. The molecule has 13 atom stereocenters. The number of H-pyrrole nitrogens is 2. The van der Waals surface area contributed by atoms with Crippen molar-refractivity contribution in [3.8, 4) is 0 Å². The zero-order chi connectivity index (χ0) is 71.7. The van der Waals surface area contributed by atoms with Crippen molar-refractivity contribution in [2.75, 3.05) is 37.7 Å². The Kier molecular flexibility index (Phi) is 26.5. The number of unbranched alkanes of at least 4 members (excludes halogenated alkanes) is 1. The summed E-state index contributed by atoms with van der Waals surface area (Å²) in [7, 11) is 0. The summed E-state index contributed by atoms with van der Waals surface area (Å²) in [4.78, 5) is 172. The van der Waals surface area contributed by atoms with Gasteiger partial charge in [0.15, 0.2) is 0 Å². The minimum Gasteiger partial charge on any atom is -0.481 e. The number of hydrogen-bond donors (Lipinski definition) is 11. The molecule has 4 unspecified atom stereocenters. The zero-order valence-electron chi connectivity index (χ0n) is 56.4. The van der Waals surface area contributed by atoms with Crippen LogP contribution in [0.2, 0.25) is 0 Å². The number of nitrogens with two attached hydrogens (primary N) is 2. The number of thioether (sulfide) groups is 2. The number of amides is 9. The number of halogens is 2. The summed E-state index contributed by atoms with van der Waals surface area (Å²) in [5.74, 6) is -9.93. The van der Waals surface area contributed by atoms with Crippen LogP contribution in [0.1, 0.15) is 130 Å². The van der Waals surface area contributed by atoms with E-state index in [-0.39, 0.29) is 100 Å². The highest BCUT2D eigenvalue weighted by Crippen LogP contribution is 2.48. The van der Waals surface area contributed by atoms with Crippen LogP contribution < -0.4 is 43.4 Å². The van der Waals surface area contributed by atoms with Crippen LogP contribution in [0.5, 0.6) is 0 Å². The van der Waals surface area contributed by atoms with Crippen molar-refractivity contribution < 1.29 is 66.6 Å². The number of aromatic amines is 2. The van der Waals surface area contributed by atoms with E-state index >= 15 is 28.4 Å². The first-order valence-electron chi connectivity index (χ1n) is 35.0. The van der Waals surface area contributed by atoms with Crippen molar-refractivity contribution in [1.29, 1.82) is 0 Å². The van der Waals surface area contributed by atoms with Crippen LogP contribution in [0, 0.1) is 29.5 Å². The lowest BCUT2D eigenvalue weighted by Crippen LogP contribution is -2.61. The van der Waals surface area contributed by atoms with Crippen molar-refractivity contribution >= 4 is 99.3 Å². The number of benzene rings is 3. The zero-order valence-corrected chi connectivity index (χ0v) is 58.0. The van der Waals surface area contributed by atoms with Gasteiger partial charge in [-0.25, -0.2) is 13.8 Å². The number of aromatic nitrogens is 3. The molecule has 2 aliphatic carbocycles. The van der Waals surface area contributed by atoms with Crippen LogP contribution in [0.15, 0.2) is 91.5 Å². The molecule has 10 rings (SSSR count). The van der Waals surface area contributed by atoms with Gasteiger partial charge in [-0.3, -0.25) is 52.7 Å². The predicted octanol–water partition coefficient (Wildman–Crippen LogP) is 4.52. The molecular weight excluding hydrogens is 1340 g/mol. The van der Waals surface area contributed by atoms with Gasteiger partial charge in [-0.15, -0.1) is 0 Å². The van der Waals surface area contributed by atoms with Gasteiger partial charge in [0.25, 0.3) is 0 Å². The molecule has 2 saturated heterocycles. The minimum atomic E-state index is -1.93. The molecule has 3 aromatic carbocycles. The fourth-order valence-electron chi connectivity index (χ4n) is 15.2. The standard InChI is InChI=1S/C72H91F2N13O12S2/c73-48-17-16-44-14-15-45(53(44)30-48)28-57-68(95)83-58(33-63(90)91)69(96)84-59(32-50-35-77-40-80-50)71(98)87-24-20-52(43-10-2-1-3-11-43)64(87)72(99)86-23-7-13-61(86)70(97)85-60(65(76)92)39-101-38-42-9-6-8-41(26-42)37-100-25-21-51(88)27-46(12-4-5-22-75)66(93)79-36-62(89)81-56(67(94)82-57)29-47-34-78-55-19-18-49(74)31-54(47)55/h1-3,6,8-11,18-19,26,31,34-35,40,44-46,48,52-53,56-61,64,78H,4-5,7,12-17,20-25,27-30,32-33,36-39,75H2,(H2,76,92)(H,77,80)(H,79,93)(H,81,89)(H,82,94)(H,83,95)(H,84,96)(H,85,97)(H,90,91)/t44?,45?,46-,48?,52-,53?,56+,57+,58+,59+,60+,61+,64+/m1/s1. The van der Waals surface area contributed by atoms with Crippen molar-refractivity contribution in [1.82, 2.24) is 56.7 Å². The molecule has 542 valence electrons. The van der Waals surface area contributed by atoms with Gasteiger partial charge < -0.3 is 68.2 Å². The number of carboxylic acid groups (broad SMARTS) is 1. The number of carbonyl (C=O) groups is 11. The normalized spacial score (nSPS) is 27.8. The number of alkyl halides is 1. The third-order valence-electron chi connectivity index (χ3n) is 20.4. The molecule has 3 aliphatic heterocycles. The number of nitrogens with one attached hydrogen (secondary N) is 8. The third kappa shape index (κ3) is 20.1. The number of carbonyl (C=O) groups excluding carboxylic acids is 10. The van der Waals surface area contributed by atoms with Gasteiger partial charge >= 0.3 is 5.97 Å². The molecule has 13 N–H and O–H groups in total. The molecule has 5 aliphatic rings. The molecule has 5 heterocycles. The van der Waals surface area contributed by atoms with Gasteiger partial charge in [0.05, 0.1) is 19.3 Å². The van der Waals surface area contributed by atoms with Crippen molar-refractivity contribution in [2.45, 2.75) is 175 Å². The van der Waals surface area contributed by atoms with Gasteiger partial charge in [0.1, 0.15) is 60.1 Å². The number of rotatable bonds is 14. The highest BCUT2D eigenvalue weighted by molar-refractivity contribution is 7.98. The average Bonchev–Trinajstić information content (AvgIpc) is 1.65. The van der Waals surface area contributed by atoms with E-state index in [0.29, 0.717) is 96.5 Å². The summed E-state index contributed by atoms with van der Waals surface area (Å²) in [5.41, 5.74) is 15.6. The number of ketones is 1. The summed E-state index contributed by atoms with van der Waals surface area (Å²) in [6.07, 6.45) is 6.17. The Balaban J connectivity index is 0.977. The van der Waals surface area contributed by atoms with E-state index in [1.807, 2.05) is 36.4 Å². The summed E-state index contributed by atoms with van der Waals surface area (Å²) >= 11 is 2.90. The van der Waals surface area contributed by atoms with Crippen LogP contribution in [0.25, 0.3) is 10.9 Å². The van der Waals surface area contributed by atoms with Gasteiger partial charge in [-0.2, -0.15) is 23.5 Å². The summed E-state index contributed by atoms with van der Waals surface area (Å²) in [6.45, 7) is -0.197. The van der Waals surface area contributed by atoms with E-state index in [1.165, 1.54) is 70.2 Å². The largest absolute Gasteiger partial charge is 0.481 e. The lowest BCUT2D eigenvalue weighted by molar-refractivity contribution is -0.148. The van der Waals surface area contributed by atoms with Crippen molar-refractivity contribution in [3.63, 3.8) is 0 Å². The topological polar surface area (TPSA) is 383 Å². The molecule has 0 spiro atoms. The van der Waals surface area contributed by atoms with Crippen molar-refractivity contribution in [3.05, 3.63) is 125 Å². The Labute approximate surface area is 592 Å². The molecule has 101 heavy (non-hydrogen) atoms. The number of primary amides is 1. The number of nitrogens with zero attached hydrogens (tertiary/aromatic N) is 3. The monoisotopic (exact) mass is 1430 g/mol. The molecule has 4 fully saturated rings. The van der Waals surface area contributed by atoms with Crippen LogP contribution in [0.3, 0.4) is 0 Å². The Morgan fingerprint density at radius 1 is 0.713 bits per heavy atom. The van der Waals surface area contributed by atoms with Gasteiger partial charge in [0.2, 0.25) is 53.2 Å². The predicted molar refractivity (Wildman–Crippen MR) is 375 cm³/mol. The molecule has 25 nitrogen and oxygen atoms in total. The Bertz CT molecular complexity index is 3770. The molecule has 5 aromatic rings. The number of hydrogen-bond acceptors (Lipinski definition) is 15. The van der Waals surface area contributed by atoms with Gasteiger partial charge in [-0.05, 0) is 135 Å². The molecule has 9 amide bonds. The van der Waals surface area contributed by atoms with Gasteiger partial charge in [-0.1, -0.05) is 61.0 Å². The lowest BCUT2D eigenvalue weighted by Gasteiger charge is -2.35. The first kappa shape index (κ1) is 75.0. The second-order valence-electron chi connectivity index (χ2n) is 27.3. The molecule has 2 aromatic heterocycles. The molecule has 29 heteroatoms. The fraction of sp³-hybridized carbons (Fsp3) is 0.528. The highest BCUT2D eigenvalue weighted by Gasteiger charge is 2.50. The number of fused-ring (bicyclic) bond motifs is 6. The molecule has 0 radical (unpaired) electrons. The maximum absolute atomic E-state index is 15.6.